The fraction of sp³-hybridized carbons (Fsp3) is 0.308. The molecular weight excluding hydrogens is 404 g/mol. The van der Waals surface area contributed by atoms with E-state index in [1.807, 2.05) is 0 Å². The zero-order valence-electron chi connectivity index (χ0n) is 12.6. The molecule has 0 aliphatic carbocycles. The van der Waals surface area contributed by atoms with Crippen LogP contribution in [0.5, 0.6) is 0 Å². The van der Waals surface area contributed by atoms with Gasteiger partial charge in [0.2, 0.25) is 11.0 Å². The Kier molecular flexibility index (Phi) is 5.07. The van der Waals surface area contributed by atoms with Crippen molar-refractivity contribution in [2.75, 3.05) is 10.0 Å². The van der Waals surface area contributed by atoms with Crippen molar-refractivity contribution in [1.29, 1.82) is 0 Å². The summed E-state index contributed by atoms with van der Waals surface area (Å²) in [5, 5.41) is 10.0. The fourth-order valence-electron chi connectivity index (χ4n) is 1.37. The van der Waals surface area contributed by atoms with Crippen LogP contribution in [-0.4, -0.2) is 24.5 Å². The van der Waals surface area contributed by atoms with Crippen LogP contribution in [0.25, 0.3) is 0 Å². The van der Waals surface area contributed by atoms with E-state index < -0.39 is 15.4 Å². The van der Waals surface area contributed by atoms with E-state index >= 15 is 0 Å². The Morgan fingerprint density at radius 3 is 2.35 bits per heavy atom. The molecule has 0 unspecified atom stereocenters. The van der Waals surface area contributed by atoms with Crippen molar-refractivity contribution in [3.8, 4) is 0 Å². The minimum atomic E-state index is -3.85. The van der Waals surface area contributed by atoms with Gasteiger partial charge < -0.3 is 5.32 Å². The summed E-state index contributed by atoms with van der Waals surface area (Å²) in [5.74, 6) is -0.265. The standard InChI is InChI=1S/C13H15BrN4O3S2/c1-13(2,3)10(19)15-11-16-17-12(22-11)23(20,21)18-9-6-4-8(14)5-7-9/h4-7,18H,1-3H3,(H,15,16,19). The maximum Gasteiger partial charge on any atom is 0.291 e. The molecule has 0 atom stereocenters. The number of hydrogen-bond acceptors (Lipinski definition) is 6. The number of carbonyl (C=O) groups excluding carboxylic acids is 1. The maximum absolute atomic E-state index is 12.3. The fourth-order valence-corrected chi connectivity index (χ4v) is 3.59. The third kappa shape index (κ3) is 4.72. The molecule has 2 rings (SSSR count). The number of aromatic nitrogens is 2. The van der Waals surface area contributed by atoms with E-state index in [2.05, 4.69) is 36.2 Å². The van der Waals surface area contributed by atoms with Gasteiger partial charge in [0.15, 0.2) is 0 Å². The van der Waals surface area contributed by atoms with Gasteiger partial charge in [-0.25, -0.2) is 0 Å². The van der Waals surface area contributed by atoms with Crippen LogP contribution < -0.4 is 10.0 Å². The van der Waals surface area contributed by atoms with E-state index in [4.69, 9.17) is 0 Å². The topological polar surface area (TPSA) is 101 Å². The predicted octanol–water partition coefficient (Wildman–Crippen LogP) is 3.09. The molecule has 1 aromatic heterocycles. The van der Waals surface area contributed by atoms with Crippen molar-refractivity contribution in [3.05, 3.63) is 28.7 Å². The first kappa shape index (κ1) is 17.8. The predicted molar refractivity (Wildman–Crippen MR) is 92.9 cm³/mol. The summed E-state index contributed by atoms with van der Waals surface area (Å²) in [6, 6.07) is 6.66. The third-order valence-electron chi connectivity index (χ3n) is 2.63. The first-order valence-electron chi connectivity index (χ1n) is 6.51. The highest BCUT2D eigenvalue weighted by Gasteiger charge is 2.25. The summed E-state index contributed by atoms with van der Waals surface area (Å²) in [6.45, 7) is 5.24. The number of amides is 1. The van der Waals surface area contributed by atoms with Gasteiger partial charge in [0.1, 0.15) is 0 Å². The zero-order chi connectivity index (χ0) is 17.3. The second-order valence-electron chi connectivity index (χ2n) is 5.69. The van der Waals surface area contributed by atoms with Crippen LogP contribution in [0.1, 0.15) is 20.8 Å². The van der Waals surface area contributed by atoms with E-state index in [1.54, 1.807) is 45.0 Å². The second-order valence-corrected chi connectivity index (χ2v) is 9.44. The van der Waals surface area contributed by atoms with Crippen molar-refractivity contribution in [2.45, 2.75) is 25.1 Å². The highest BCUT2D eigenvalue weighted by Crippen LogP contribution is 2.25. The summed E-state index contributed by atoms with van der Waals surface area (Å²) in [4.78, 5) is 11.9. The molecule has 23 heavy (non-hydrogen) atoms. The molecule has 0 saturated carbocycles. The van der Waals surface area contributed by atoms with Crippen LogP contribution in [0.3, 0.4) is 0 Å². The first-order chi connectivity index (χ1) is 10.6. The SMILES string of the molecule is CC(C)(C)C(=O)Nc1nnc(S(=O)(=O)Nc2ccc(Br)cc2)s1. The molecule has 10 heteroatoms. The van der Waals surface area contributed by atoms with E-state index in [-0.39, 0.29) is 15.4 Å². The third-order valence-corrected chi connectivity index (χ3v) is 5.75. The molecule has 1 amide bonds. The van der Waals surface area contributed by atoms with E-state index in [0.29, 0.717) is 5.69 Å². The molecule has 2 aromatic rings. The summed E-state index contributed by atoms with van der Waals surface area (Å²) >= 11 is 4.07. The molecule has 0 spiro atoms. The normalized spacial score (nSPS) is 12.0. The lowest BCUT2D eigenvalue weighted by Crippen LogP contribution is -2.27. The minimum absolute atomic E-state index is 0.140. The van der Waals surface area contributed by atoms with E-state index in [1.165, 1.54) is 0 Å². The van der Waals surface area contributed by atoms with Gasteiger partial charge in [-0.05, 0) is 24.3 Å². The van der Waals surface area contributed by atoms with Crippen LogP contribution in [-0.2, 0) is 14.8 Å². The molecule has 0 aliphatic heterocycles. The van der Waals surface area contributed by atoms with Gasteiger partial charge in [-0.1, -0.05) is 48.0 Å². The number of nitrogens with one attached hydrogen (secondary N) is 2. The smallest absolute Gasteiger partial charge is 0.291 e. The molecular formula is C13H15BrN4O3S2. The Labute approximate surface area is 146 Å². The Bertz CT molecular complexity index is 810. The Morgan fingerprint density at radius 1 is 1.17 bits per heavy atom. The van der Waals surface area contributed by atoms with Crippen LogP contribution >= 0.6 is 27.3 Å². The highest BCUT2D eigenvalue weighted by atomic mass is 79.9. The van der Waals surface area contributed by atoms with Crippen LogP contribution in [0.15, 0.2) is 33.1 Å². The average Bonchev–Trinajstić information content (AvgIpc) is 2.89. The quantitative estimate of drug-likeness (QED) is 0.742. The van der Waals surface area contributed by atoms with Gasteiger partial charge >= 0.3 is 0 Å². The van der Waals surface area contributed by atoms with Crippen LogP contribution in [0, 0.1) is 5.41 Å². The molecule has 0 saturated heterocycles. The number of halogens is 1. The zero-order valence-corrected chi connectivity index (χ0v) is 15.8. The molecule has 2 N–H and O–H groups in total. The second kappa shape index (κ2) is 6.54. The van der Waals surface area contributed by atoms with Crippen LogP contribution in [0.4, 0.5) is 10.8 Å². The van der Waals surface area contributed by atoms with E-state index in [9.17, 15) is 13.2 Å². The van der Waals surface area contributed by atoms with Gasteiger partial charge in [-0.3, -0.25) is 9.52 Å². The van der Waals surface area contributed by atoms with Crippen molar-refractivity contribution < 1.29 is 13.2 Å². The number of rotatable bonds is 4. The molecule has 0 fully saturated rings. The minimum Gasteiger partial charge on any atom is -0.300 e. The summed E-state index contributed by atoms with van der Waals surface area (Å²) in [6.07, 6.45) is 0. The first-order valence-corrected chi connectivity index (χ1v) is 9.60. The van der Waals surface area contributed by atoms with Gasteiger partial charge in [-0.15, -0.1) is 10.2 Å². The Morgan fingerprint density at radius 2 is 1.78 bits per heavy atom. The largest absolute Gasteiger partial charge is 0.300 e. The van der Waals surface area contributed by atoms with Gasteiger partial charge in [0.05, 0.1) is 0 Å². The Balaban J connectivity index is 2.15. The number of nitrogens with zero attached hydrogens (tertiary/aromatic N) is 2. The van der Waals surface area contributed by atoms with Gasteiger partial charge in [0.25, 0.3) is 14.4 Å². The van der Waals surface area contributed by atoms with Crippen molar-refractivity contribution in [3.63, 3.8) is 0 Å². The lowest BCUT2D eigenvalue weighted by atomic mass is 9.96. The molecule has 124 valence electrons. The number of benzene rings is 1. The lowest BCUT2D eigenvalue weighted by molar-refractivity contribution is -0.123. The molecule has 1 heterocycles. The average molecular weight is 419 g/mol. The lowest BCUT2D eigenvalue weighted by Gasteiger charge is -2.15. The number of carbonyl (C=O) groups is 1. The Hall–Kier alpha value is -1.52. The monoisotopic (exact) mass is 418 g/mol. The van der Waals surface area contributed by atoms with Gasteiger partial charge in [0, 0.05) is 15.6 Å². The van der Waals surface area contributed by atoms with Crippen LogP contribution in [0.2, 0.25) is 0 Å². The maximum atomic E-state index is 12.3. The number of sulfonamides is 1. The highest BCUT2D eigenvalue weighted by molar-refractivity contribution is 9.10. The van der Waals surface area contributed by atoms with Crippen molar-refractivity contribution in [1.82, 2.24) is 10.2 Å². The summed E-state index contributed by atoms with van der Waals surface area (Å²) in [7, 11) is -3.85. The molecule has 0 bridgehead atoms. The molecule has 7 nitrogen and oxygen atoms in total. The van der Waals surface area contributed by atoms with Gasteiger partial charge in [-0.2, -0.15) is 8.42 Å². The van der Waals surface area contributed by atoms with Crippen molar-refractivity contribution in [2.24, 2.45) is 5.41 Å². The molecule has 1 aromatic carbocycles. The molecule has 0 aliphatic rings. The number of hydrogen-bond donors (Lipinski definition) is 2. The number of anilines is 2. The summed E-state index contributed by atoms with van der Waals surface area (Å²) < 4.78 is 27.5. The summed E-state index contributed by atoms with van der Waals surface area (Å²) in [5.41, 5.74) is -0.205. The van der Waals surface area contributed by atoms with E-state index in [0.717, 1.165) is 15.8 Å². The van der Waals surface area contributed by atoms with Crippen molar-refractivity contribution >= 4 is 54.0 Å². The molecule has 0 radical (unpaired) electrons.